The van der Waals surface area contributed by atoms with Gasteiger partial charge in [0, 0.05) is 6.04 Å². The zero-order chi connectivity index (χ0) is 14.5. The van der Waals surface area contributed by atoms with E-state index in [9.17, 15) is 17.6 Å². The summed E-state index contributed by atoms with van der Waals surface area (Å²) in [4.78, 5) is 11.5. The van der Waals surface area contributed by atoms with Crippen molar-refractivity contribution in [2.24, 2.45) is 0 Å². The summed E-state index contributed by atoms with van der Waals surface area (Å²) in [5.74, 6) is -1.73. The predicted octanol–water partition coefficient (Wildman–Crippen LogP) is 1.66. The van der Waals surface area contributed by atoms with E-state index in [0.717, 1.165) is 6.42 Å². The lowest BCUT2D eigenvalue weighted by Gasteiger charge is -2.11. The highest BCUT2D eigenvalue weighted by atomic mass is 32.2. The van der Waals surface area contributed by atoms with Crippen LogP contribution in [-0.4, -0.2) is 26.1 Å². The first-order chi connectivity index (χ1) is 8.82. The van der Waals surface area contributed by atoms with Gasteiger partial charge in [-0.15, -0.1) is 0 Å². The van der Waals surface area contributed by atoms with E-state index >= 15 is 0 Å². The second-order valence-electron chi connectivity index (χ2n) is 4.54. The van der Waals surface area contributed by atoms with Gasteiger partial charge in [0.1, 0.15) is 11.6 Å². The van der Waals surface area contributed by atoms with Gasteiger partial charge in [0.15, 0.2) is 9.84 Å². The van der Waals surface area contributed by atoms with Gasteiger partial charge in [0.25, 0.3) is 0 Å². The quantitative estimate of drug-likeness (QED) is 0.865. The van der Waals surface area contributed by atoms with Crippen molar-refractivity contribution in [3.63, 3.8) is 0 Å². The van der Waals surface area contributed by atoms with E-state index in [2.05, 4.69) is 5.32 Å². The average molecular weight is 287 g/mol. The van der Waals surface area contributed by atoms with Gasteiger partial charge in [-0.2, -0.15) is 0 Å². The van der Waals surface area contributed by atoms with Gasteiger partial charge in [-0.1, -0.05) is 19.1 Å². The molecule has 6 heteroatoms. The normalized spacial score (nSPS) is 13.0. The molecule has 1 rings (SSSR count). The topological polar surface area (TPSA) is 63.2 Å². The monoisotopic (exact) mass is 287 g/mol. The van der Waals surface area contributed by atoms with Gasteiger partial charge in [0.2, 0.25) is 5.91 Å². The maximum absolute atomic E-state index is 12.7. The highest BCUT2D eigenvalue weighted by Gasteiger charge is 2.18. The van der Waals surface area contributed by atoms with Crippen molar-refractivity contribution in [1.82, 2.24) is 5.32 Å². The van der Waals surface area contributed by atoms with Gasteiger partial charge < -0.3 is 5.32 Å². The summed E-state index contributed by atoms with van der Waals surface area (Å²) in [5, 5.41) is 2.60. The lowest BCUT2D eigenvalue weighted by atomic mass is 10.2. The van der Waals surface area contributed by atoms with Crippen molar-refractivity contribution < 1.29 is 17.6 Å². The minimum absolute atomic E-state index is 0.0477. The Balaban J connectivity index is 2.61. The molecule has 1 amide bonds. The molecule has 1 aromatic rings. The number of benzene rings is 1. The average Bonchev–Trinajstić information content (AvgIpc) is 2.30. The SMILES string of the molecule is CC[C@@H](C)NC(=O)CS(=O)(=O)Cc1ccc(F)cc1. The molecule has 0 fully saturated rings. The number of halogens is 1. The van der Waals surface area contributed by atoms with E-state index in [1.54, 1.807) is 0 Å². The lowest BCUT2D eigenvalue weighted by molar-refractivity contribution is -0.119. The van der Waals surface area contributed by atoms with Crippen LogP contribution in [0.4, 0.5) is 4.39 Å². The Hall–Kier alpha value is -1.43. The smallest absolute Gasteiger partial charge is 0.235 e. The molecule has 0 saturated heterocycles. The molecule has 0 aliphatic rings. The number of rotatable bonds is 6. The molecule has 19 heavy (non-hydrogen) atoms. The third-order valence-corrected chi connectivity index (χ3v) is 4.15. The third-order valence-electron chi connectivity index (χ3n) is 2.67. The number of nitrogens with one attached hydrogen (secondary N) is 1. The summed E-state index contributed by atoms with van der Waals surface area (Å²) in [6.45, 7) is 3.71. The zero-order valence-electron chi connectivity index (χ0n) is 11.0. The molecule has 1 aromatic carbocycles. The number of sulfone groups is 1. The second kappa shape index (κ2) is 6.65. The van der Waals surface area contributed by atoms with Crippen LogP contribution in [0.1, 0.15) is 25.8 Å². The fourth-order valence-electron chi connectivity index (χ4n) is 1.50. The Morgan fingerprint density at radius 1 is 1.32 bits per heavy atom. The molecule has 0 spiro atoms. The standard InChI is InChI=1S/C13H18FNO3S/c1-3-10(2)15-13(16)9-19(17,18)8-11-4-6-12(14)7-5-11/h4-7,10H,3,8-9H2,1-2H3,(H,15,16)/t10-/m1/s1. The number of amides is 1. The summed E-state index contributed by atoms with van der Waals surface area (Å²) >= 11 is 0. The van der Waals surface area contributed by atoms with Crippen LogP contribution in [0.2, 0.25) is 0 Å². The molecule has 0 bridgehead atoms. The Morgan fingerprint density at radius 2 is 1.89 bits per heavy atom. The van der Waals surface area contributed by atoms with E-state index in [0.29, 0.717) is 5.56 Å². The molecule has 0 aliphatic carbocycles. The lowest BCUT2D eigenvalue weighted by Crippen LogP contribution is -2.36. The Labute approximate surface area is 112 Å². The maximum Gasteiger partial charge on any atom is 0.235 e. The van der Waals surface area contributed by atoms with Gasteiger partial charge in [-0.3, -0.25) is 4.79 Å². The van der Waals surface area contributed by atoms with Gasteiger partial charge >= 0.3 is 0 Å². The third kappa shape index (κ3) is 5.83. The number of carbonyl (C=O) groups is 1. The van der Waals surface area contributed by atoms with E-state index in [1.165, 1.54) is 24.3 Å². The molecule has 0 aromatic heterocycles. The first-order valence-corrected chi connectivity index (χ1v) is 7.89. The van der Waals surface area contributed by atoms with Crippen molar-refractivity contribution in [2.75, 3.05) is 5.75 Å². The van der Waals surface area contributed by atoms with Crippen LogP contribution in [0, 0.1) is 5.82 Å². The van der Waals surface area contributed by atoms with Gasteiger partial charge in [-0.25, -0.2) is 12.8 Å². The summed E-state index contributed by atoms with van der Waals surface area (Å²) in [7, 11) is -3.54. The molecule has 0 heterocycles. The van der Waals surface area contributed by atoms with Gasteiger partial charge in [0.05, 0.1) is 5.75 Å². The Bertz CT molecular complexity index is 525. The van der Waals surface area contributed by atoms with Crippen molar-refractivity contribution in [2.45, 2.75) is 32.1 Å². The molecule has 1 atom stereocenters. The Kier molecular flexibility index (Phi) is 5.47. The van der Waals surface area contributed by atoms with Crippen molar-refractivity contribution in [1.29, 1.82) is 0 Å². The number of carbonyl (C=O) groups excluding carboxylic acids is 1. The number of hydrogen-bond acceptors (Lipinski definition) is 3. The molecule has 0 aliphatic heterocycles. The fraction of sp³-hybridized carbons (Fsp3) is 0.462. The van der Waals surface area contributed by atoms with Crippen LogP contribution >= 0.6 is 0 Å². The van der Waals surface area contributed by atoms with Crippen LogP contribution in [0.3, 0.4) is 0 Å². The zero-order valence-corrected chi connectivity index (χ0v) is 11.8. The second-order valence-corrected chi connectivity index (χ2v) is 6.60. The van der Waals surface area contributed by atoms with Crippen LogP contribution in [0.25, 0.3) is 0 Å². The molecule has 0 unspecified atom stereocenters. The molecular weight excluding hydrogens is 269 g/mol. The van der Waals surface area contributed by atoms with E-state index < -0.39 is 27.3 Å². The van der Waals surface area contributed by atoms with Crippen molar-refractivity contribution in [3.05, 3.63) is 35.6 Å². The number of hydrogen-bond donors (Lipinski definition) is 1. The van der Waals surface area contributed by atoms with Crippen LogP contribution < -0.4 is 5.32 Å². The van der Waals surface area contributed by atoms with E-state index in [4.69, 9.17) is 0 Å². The van der Waals surface area contributed by atoms with Crippen LogP contribution in [0.5, 0.6) is 0 Å². The van der Waals surface area contributed by atoms with E-state index in [-0.39, 0.29) is 11.8 Å². The first-order valence-electron chi connectivity index (χ1n) is 6.06. The minimum Gasteiger partial charge on any atom is -0.353 e. The molecule has 1 N–H and O–H groups in total. The fourth-order valence-corrected chi connectivity index (χ4v) is 2.79. The highest BCUT2D eigenvalue weighted by molar-refractivity contribution is 7.91. The molecule has 0 saturated carbocycles. The minimum atomic E-state index is -3.54. The summed E-state index contributed by atoms with van der Waals surface area (Å²) < 4.78 is 36.3. The largest absolute Gasteiger partial charge is 0.353 e. The van der Waals surface area contributed by atoms with Crippen molar-refractivity contribution in [3.8, 4) is 0 Å². The molecule has 0 radical (unpaired) electrons. The van der Waals surface area contributed by atoms with Gasteiger partial charge in [-0.05, 0) is 31.0 Å². The molecule has 106 valence electrons. The van der Waals surface area contributed by atoms with Crippen LogP contribution in [-0.2, 0) is 20.4 Å². The Morgan fingerprint density at radius 3 is 2.42 bits per heavy atom. The molecular formula is C13H18FNO3S. The van der Waals surface area contributed by atoms with Crippen LogP contribution in [0.15, 0.2) is 24.3 Å². The molecule has 4 nitrogen and oxygen atoms in total. The maximum atomic E-state index is 12.7. The highest BCUT2D eigenvalue weighted by Crippen LogP contribution is 2.08. The summed E-state index contributed by atoms with van der Waals surface area (Å²) in [6, 6.07) is 5.15. The van der Waals surface area contributed by atoms with E-state index in [1.807, 2.05) is 13.8 Å². The first kappa shape index (κ1) is 15.6. The summed E-state index contributed by atoms with van der Waals surface area (Å²) in [6.07, 6.45) is 0.740. The predicted molar refractivity (Wildman–Crippen MR) is 71.8 cm³/mol. The van der Waals surface area contributed by atoms with Crippen molar-refractivity contribution >= 4 is 15.7 Å². The summed E-state index contributed by atoms with van der Waals surface area (Å²) in [5.41, 5.74) is 0.470.